The van der Waals surface area contributed by atoms with Crippen LogP contribution in [0.25, 0.3) is 0 Å². The molecule has 0 aromatic heterocycles. The van der Waals surface area contributed by atoms with E-state index < -0.39 is 17.8 Å². The summed E-state index contributed by atoms with van der Waals surface area (Å²) >= 11 is 0. The van der Waals surface area contributed by atoms with Crippen LogP contribution in [0.2, 0.25) is 0 Å². The summed E-state index contributed by atoms with van der Waals surface area (Å²) in [4.78, 5) is 51.4. The fraction of sp³-hybridized carbons (Fsp3) is 0.436. The molecule has 0 atom stereocenters. The van der Waals surface area contributed by atoms with E-state index in [0.717, 1.165) is 71.8 Å². The van der Waals surface area contributed by atoms with Crippen LogP contribution in [0.3, 0.4) is 0 Å². The van der Waals surface area contributed by atoms with Gasteiger partial charge in [0, 0.05) is 39.8 Å². The molecule has 0 bridgehead atoms. The van der Waals surface area contributed by atoms with Crippen LogP contribution in [0.15, 0.2) is 94.5 Å². The van der Waals surface area contributed by atoms with Crippen LogP contribution >= 0.6 is 0 Å². The number of ether oxygens (including phenoxy) is 1. The number of imide groups is 2. The molecule has 1 saturated heterocycles. The molecule has 0 unspecified atom stereocenters. The lowest BCUT2D eigenvalue weighted by atomic mass is 10.1. The molecule has 51 heavy (non-hydrogen) atoms. The normalized spacial score (nSPS) is 13.8. The number of allylic oxidation sites excluding steroid dienone is 3. The third-order valence-corrected chi connectivity index (χ3v) is 8.32. The highest BCUT2D eigenvalue weighted by Crippen LogP contribution is 2.23. The molecule has 1 fully saturated rings. The summed E-state index contributed by atoms with van der Waals surface area (Å²) in [7, 11) is 2.59. The summed E-state index contributed by atoms with van der Waals surface area (Å²) in [6.45, 7) is 5.97. The van der Waals surface area contributed by atoms with Crippen molar-refractivity contribution in [2.24, 2.45) is 10.2 Å². The van der Waals surface area contributed by atoms with Gasteiger partial charge in [0.1, 0.15) is 17.1 Å². The molecule has 0 aliphatic carbocycles. The Bertz CT molecular complexity index is 1540. The van der Waals surface area contributed by atoms with E-state index in [1.54, 1.807) is 30.3 Å². The van der Waals surface area contributed by atoms with Gasteiger partial charge in [0.15, 0.2) is 0 Å². The van der Waals surface area contributed by atoms with E-state index in [9.17, 15) is 24.3 Å². The summed E-state index contributed by atoms with van der Waals surface area (Å²) in [6.07, 6.45) is 17.9. The summed E-state index contributed by atoms with van der Waals surface area (Å²) in [5, 5.41) is 21.5. The van der Waals surface area contributed by atoms with E-state index in [4.69, 9.17) is 4.74 Å². The number of nitrogens with zero attached hydrogens (tertiary/aromatic N) is 5. The van der Waals surface area contributed by atoms with Crippen molar-refractivity contribution in [3.05, 3.63) is 84.3 Å². The van der Waals surface area contributed by atoms with E-state index in [-0.39, 0.29) is 17.2 Å². The van der Waals surface area contributed by atoms with Crippen LogP contribution in [-0.4, -0.2) is 77.4 Å². The Hall–Kier alpha value is -5.26. The molecule has 1 heterocycles. The fourth-order valence-electron chi connectivity index (χ4n) is 5.33. The van der Waals surface area contributed by atoms with Gasteiger partial charge in [0.2, 0.25) is 5.91 Å². The lowest BCUT2D eigenvalue weighted by Crippen LogP contribution is -2.53. The third kappa shape index (κ3) is 14.2. The summed E-state index contributed by atoms with van der Waals surface area (Å²) in [5.74, 6) is -1.01. The first kappa shape index (κ1) is 40.2. The predicted octanol–water partition coefficient (Wildman–Crippen LogP) is 8.59. The van der Waals surface area contributed by atoms with Crippen LogP contribution < -0.4 is 10.1 Å². The number of urea groups is 1. The van der Waals surface area contributed by atoms with Gasteiger partial charge < -0.3 is 20.1 Å². The lowest BCUT2D eigenvalue weighted by molar-refractivity contribution is -0.134. The SMILES string of the molecule is CCN(/C=C/C=C(\O)C=C1C(=O)N(C)C(=O)N(C)C1=O)CCCCCCCCCCCCOc1ccc(N=Nc2ccc(NC(C)=O)cc2)cc1. The standard InChI is InChI=1S/C39H52N6O6/c1-5-45(27-16-17-34(47)29-36-37(48)43(3)39(50)44(4)38(36)49)26-14-12-10-8-6-7-9-11-13-15-28-51-35-24-22-33(23-25-35)42-41-32-20-18-31(19-21-32)40-30(2)46/h16-25,27,29,47H,5-15,26,28H2,1-4H3,(H,40,46)/b27-16+,34-17-,42-41?. The van der Waals surface area contributed by atoms with Crippen LogP contribution in [-0.2, 0) is 14.4 Å². The number of carbonyl (C=O) groups is 4. The van der Waals surface area contributed by atoms with Gasteiger partial charge in [-0.05, 0) is 92.7 Å². The maximum absolute atomic E-state index is 12.3. The van der Waals surface area contributed by atoms with Gasteiger partial charge in [-0.3, -0.25) is 24.2 Å². The highest BCUT2D eigenvalue weighted by Gasteiger charge is 2.37. The number of amides is 5. The number of anilines is 1. The molecule has 2 aromatic carbocycles. The second-order valence-electron chi connectivity index (χ2n) is 12.4. The smallest absolute Gasteiger partial charge is 0.333 e. The fourth-order valence-corrected chi connectivity index (χ4v) is 5.33. The number of aliphatic hydroxyl groups is 1. The number of aliphatic hydroxyl groups excluding tert-OH is 1. The monoisotopic (exact) mass is 700 g/mol. The first-order chi connectivity index (χ1) is 24.6. The van der Waals surface area contributed by atoms with Gasteiger partial charge >= 0.3 is 6.03 Å². The first-order valence-electron chi connectivity index (χ1n) is 17.7. The van der Waals surface area contributed by atoms with Crippen molar-refractivity contribution in [1.82, 2.24) is 14.7 Å². The molecule has 2 N–H and O–H groups in total. The zero-order valence-corrected chi connectivity index (χ0v) is 30.3. The molecule has 1 aliphatic rings. The molecule has 2 aromatic rings. The molecule has 12 heteroatoms. The maximum Gasteiger partial charge on any atom is 0.333 e. The Balaban J connectivity index is 1.19. The van der Waals surface area contributed by atoms with E-state index >= 15 is 0 Å². The van der Waals surface area contributed by atoms with Crippen LogP contribution in [0.1, 0.15) is 78.1 Å². The zero-order chi connectivity index (χ0) is 37.0. The molecule has 0 spiro atoms. The third-order valence-electron chi connectivity index (χ3n) is 8.32. The zero-order valence-electron chi connectivity index (χ0n) is 30.3. The van der Waals surface area contributed by atoms with Gasteiger partial charge in [-0.2, -0.15) is 10.2 Å². The van der Waals surface area contributed by atoms with Crippen molar-refractivity contribution in [1.29, 1.82) is 0 Å². The molecule has 12 nitrogen and oxygen atoms in total. The van der Waals surface area contributed by atoms with Crippen LogP contribution in [0, 0.1) is 0 Å². The Labute approximate surface area is 301 Å². The number of likely N-dealkylation sites (N-methyl/N-ethyl adjacent to an activating group) is 2. The van der Waals surface area contributed by atoms with Gasteiger partial charge in [-0.25, -0.2) is 4.79 Å². The minimum absolute atomic E-state index is 0.113. The summed E-state index contributed by atoms with van der Waals surface area (Å²) in [5.41, 5.74) is 1.91. The van der Waals surface area contributed by atoms with Crippen molar-refractivity contribution in [2.45, 2.75) is 78.1 Å². The number of nitrogens with one attached hydrogen (secondary N) is 1. The molecule has 0 radical (unpaired) electrons. The molecule has 1 aliphatic heterocycles. The van der Waals surface area contributed by atoms with Crippen LogP contribution in [0.5, 0.6) is 5.75 Å². The second-order valence-corrected chi connectivity index (χ2v) is 12.4. The maximum atomic E-state index is 12.3. The van der Waals surface area contributed by atoms with Gasteiger partial charge in [0.05, 0.1) is 18.0 Å². The lowest BCUT2D eigenvalue weighted by Gasteiger charge is -2.28. The molecule has 274 valence electrons. The number of azo groups is 1. The van der Waals surface area contributed by atoms with Crippen molar-refractivity contribution >= 4 is 40.8 Å². The minimum Gasteiger partial charge on any atom is -0.508 e. The molecule has 5 amide bonds. The number of unbranched alkanes of at least 4 members (excludes halogenated alkanes) is 9. The second kappa shape index (κ2) is 21.7. The molecular weight excluding hydrogens is 648 g/mol. The Morgan fingerprint density at radius 1 is 0.804 bits per heavy atom. The summed E-state index contributed by atoms with van der Waals surface area (Å²) < 4.78 is 5.89. The average molecular weight is 701 g/mol. The van der Waals surface area contributed by atoms with Crippen molar-refractivity contribution < 1.29 is 29.0 Å². The molecule has 3 rings (SSSR count). The highest BCUT2D eigenvalue weighted by atomic mass is 16.5. The Kier molecular flexibility index (Phi) is 17.1. The van der Waals surface area contributed by atoms with Crippen LogP contribution in [0.4, 0.5) is 21.9 Å². The number of barbiturate groups is 1. The predicted molar refractivity (Wildman–Crippen MR) is 199 cm³/mol. The molecular formula is C39H52N6O6. The highest BCUT2D eigenvalue weighted by molar-refractivity contribution is 6.28. The average Bonchev–Trinajstić information content (AvgIpc) is 3.12. The van der Waals surface area contributed by atoms with Gasteiger partial charge in [0.25, 0.3) is 11.8 Å². The molecule has 0 saturated carbocycles. The van der Waals surface area contributed by atoms with Crippen molar-refractivity contribution in [3.8, 4) is 5.75 Å². The van der Waals surface area contributed by atoms with E-state index in [1.165, 1.54) is 65.6 Å². The van der Waals surface area contributed by atoms with E-state index in [0.29, 0.717) is 12.3 Å². The van der Waals surface area contributed by atoms with E-state index in [1.807, 2.05) is 30.5 Å². The van der Waals surface area contributed by atoms with Crippen molar-refractivity contribution in [2.75, 3.05) is 39.1 Å². The largest absolute Gasteiger partial charge is 0.508 e. The Morgan fingerprint density at radius 3 is 1.84 bits per heavy atom. The number of hydrogen-bond acceptors (Lipinski definition) is 9. The van der Waals surface area contributed by atoms with E-state index in [2.05, 4.69) is 27.4 Å². The number of hydrogen-bond donors (Lipinski definition) is 2. The topological polar surface area (TPSA) is 144 Å². The van der Waals surface area contributed by atoms with Gasteiger partial charge in [-0.1, -0.05) is 51.4 Å². The number of carbonyl (C=O) groups excluding carboxylic acids is 4. The Morgan fingerprint density at radius 2 is 1.31 bits per heavy atom. The van der Waals surface area contributed by atoms with Gasteiger partial charge in [-0.15, -0.1) is 0 Å². The quantitative estimate of drug-likeness (QED) is 0.0331. The summed E-state index contributed by atoms with van der Waals surface area (Å²) in [6, 6.07) is 14.1. The number of benzene rings is 2. The minimum atomic E-state index is -0.740. The first-order valence-corrected chi connectivity index (χ1v) is 17.7. The van der Waals surface area contributed by atoms with Crippen molar-refractivity contribution in [3.63, 3.8) is 0 Å². The number of rotatable bonds is 21.